The highest BCUT2D eigenvalue weighted by molar-refractivity contribution is 5.45. The van der Waals surface area contributed by atoms with Crippen molar-refractivity contribution in [3.05, 3.63) is 30.1 Å². The van der Waals surface area contributed by atoms with Gasteiger partial charge >= 0.3 is 0 Å². The molecule has 3 heteroatoms. The van der Waals surface area contributed by atoms with E-state index in [0.717, 1.165) is 24.8 Å². The van der Waals surface area contributed by atoms with Crippen LogP contribution in [-0.2, 0) is 0 Å². The van der Waals surface area contributed by atoms with Crippen LogP contribution in [-0.4, -0.2) is 25.7 Å². The van der Waals surface area contributed by atoms with E-state index in [1.807, 2.05) is 12.1 Å². The number of halogens is 1. The Labute approximate surface area is 109 Å². The second-order valence-electron chi connectivity index (χ2n) is 4.99. The summed E-state index contributed by atoms with van der Waals surface area (Å²) >= 11 is 0. The fraction of sp³-hybridized carbons (Fsp3) is 0.600. The number of anilines is 1. The van der Waals surface area contributed by atoms with Crippen molar-refractivity contribution in [1.29, 1.82) is 0 Å². The molecule has 0 radical (unpaired) electrons. The quantitative estimate of drug-likeness (QED) is 0.834. The first kappa shape index (κ1) is 13.3. The summed E-state index contributed by atoms with van der Waals surface area (Å²) < 4.78 is 12.9. The average Bonchev–Trinajstić information content (AvgIpc) is 2.89. The Balaban J connectivity index is 1.79. The molecule has 0 bridgehead atoms. The van der Waals surface area contributed by atoms with Gasteiger partial charge < -0.3 is 10.2 Å². The van der Waals surface area contributed by atoms with Crippen LogP contribution in [0.5, 0.6) is 0 Å². The van der Waals surface area contributed by atoms with Crippen molar-refractivity contribution in [3.63, 3.8) is 0 Å². The van der Waals surface area contributed by atoms with Gasteiger partial charge in [0.05, 0.1) is 0 Å². The molecule has 1 N–H and O–H groups in total. The number of hydrogen-bond acceptors (Lipinski definition) is 2. The van der Waals surface area contributed by atoms with Gasteiger partial charge in [0, 0.05) is 24.8 Å². The predicted octanol–water partition coefficient (Wildman–Crippen LogP) is 3.18. The van der Waals surface area contributed by atoms with E-state index in [1.165, 1.54) is 44.4 Å². The molecule has 1 saturated heterocycles. The van der Waals surface area contributed by atoms with E-state index in [2.05, 4.69) is 17.1 Å². The lowest BCUT2D eigenvalue weighted by Gasteiger charge is -2.23. The molecule has 0 spiro atoms. The van der Waals surface area contributed by atoms with E-state index in [9.17, 15) is 4.39 Å². The molecule has 1 aromatic carbocycles. The van der Waals surface area contributed by atoms with Gasteiger partial charge in [-0.25, -0.2) is 4.39 Å². The summed E-state index contributed by atoms with van der Waals surface area (Å²) in [7, 11) is 0. The van der Waals surface area contributed by atoms with Crippen molar-refractivity contribution in [2.24, 2.45) is 0 Å². The highest BCUT2D eigenvalue weighted by atomic mass is 19.1. The maximum Gasteiger partial charge on any atom is 0.123 e. The molecule has 1 unspecified atom stereocenters. The molecule has 1 aliphatic rings. The van der Waals surface area contributed by atoms with E-state index in [4.69, 9.17) is 0 Å². The minimum atomic E-state index is -0.162. The Hall–Kier alpha value is -1.09. The zero-order valence-electron chi connectivity index (χ0n) is 11.2. The summed E-state index contributed by atoms with van der Waals surface area (Å²) in [6.07, 6.45) is 5.09. The molecule has 18 heavy (non-hydrogen) atoms. The van der Waals surface area contributed by atoms with Crippen molar-refractivity contribution >= 4 is 5.69 Å². The third-order valence-electron chi connectivity index (χ3n) is 3.72. The molecule has 0 aliphatic carbocycles. The molecule has 1 aromatic rings. The first-order chi connectivity index (χ1) is 8.79. The molecule has 2 nitrogen and oxygen atoms in total. The Morgan fingerprint density at radius 1 is 1.33 bits per heavy atom. The van der Waals surface area contributed by atoms with Crippen LogP contribution >= 0.6 is 0 Å². The summed E-state index contributed by atoms with van der Waals surface area (Å²) in [6.45, 7) is 5.36. The lowest BCUT2D eigenvalue weighted by Crippen LogP contribution is -2.27. The van der Waals surface area contributed by atoms with Crippen LogP contribution in [0, 0.1) is 5.82 Å². The highest BCUT2D eigenvalue weighted by Crippen LogP contribution is 2.17. The molecule has 1 fully saturated rings. The maximum absolute atomic E-state index is 12.9. The van der Waals surface area contributed by atoms with Crippen LogP contribution in [0.25, 0.3) is 0 Å². The lowest BCUT2D eigenvalue weighted by molar-refractivity contribution is 0.533. The summed E-state index contributed by atoms with van der Waals surface area (Å²) in [5.41, 5.74) is 1.12. The average molecular weight is 250 g/mol. The fourth-order valence-electron chi connectivity index (χ4n) is 2.65. The monoisotopic (exact) mass is 250 g/mol. The third kappa shape index (κ3) is 3.70. The number of benzene rings is 1. The smallest absolute Gasteiger partial charge is 0.123 e. The Morgan fingerprint density at radius 2 is 2.11 bits per heavy atom. The van der Waals surface area contributed by atoms with Crippen LogP contribution in [0.3, 0.4) is 0 Å². The van der Waals surface area contributed by atoms with Crippen molar-refractivity contribution < 1.29 is 4.39 Å². The van der Waals surface area contributed by atoms with Gasteiger partial charge in [-0.2, -0.15) is 0 Å². The normalized spacial score (nSPS) is 19.1. The molecule has 0 saturated carbocycles. The molecular weight excluding hydrogens is 227 g/mol. The molecule has 0 amide bonds. The zero-order chi connectivity index (χ0) is 12.8. The first-order valence-corrected chi connectivity index (χ1v) is 7.03. The molecule has 100 valence electrons. The maximum atomic E-state index is 12.9. The van der Waals surface area contributed by atoms with E-state index in [1.54, 1.807) is 0 Å². The van der Waals surface area contributed by atoms with Crippen LogP contribution in [0.4, 0.5) is 10.1 Å². The SMILES string of the molecule is CCN(CCCC1CCCN1)c1ccc(F)cc1. The van der Waals surface area contributed by atoms with Gasteiger partial charge in [-0.1, -0.05) is 0 Å². The topological polar surface area (TPSA) is 15.3 Å². The van der Waals surface area contributed by atoms with Gasteiger partial charge in [0.1, 0.15) is 5.82 Å². The van der Waals surface area contributed by atoms with Gasteiger partial charge in [0.25, 0.3) is 0 Å². The zero-order valence-corrected chi connectivity index (χ0v) is 11.2. The van der Waals surface area contributed by atoms with Crippen molar-refractivity contribution in [1.82, 2.24) is 5.32 Å². The fourth-order valence-corrected chi connectivity index (χ4v) is 2.65. The second kappa shape index (κ2) is 6.74. The predicted molar refractivity (Wildman–Crippen MR) is 74.5 cm³/mol. The van der Waals surface area contributed by atoms with Crippen molar-refractivity contribution in [2.75, 3.05) is 24.5 Å². The minimum Gasteiger partial charge on any atom is -0.372 e. The molecule has 1 aliphatic heterocycles. The molecule has 2 rings (SSSR count). The molecular formula is C15H23FN2. The number of nitrogens with one attached hydrogen (secondary N) is 1. The van der Waals surface area contributed by atoms with E-state index in [-0.39, 0.29) is 5.82 Å². The minimum absolute atomic E-state index is 0.162. The van der Waals surface area contributed by atoms with Gasteiger partial charge in [-0.15, -0.1) is 0 Å². The summed E-state index contributed by atoms with van der Waals surface area (Å²) in [5.74, 6) is -0.162. The van der Waals surface area contributed by atoms with Gasteiger partial charge in [-0.05, 0) is 63.4 Å². The van der Waals surface area contributed by atoms with E-state index < -0.39 is 0 Å². The number of nitrogens with zero attached hydrogens (tertiary/aromatic N) is 1. The third-order valence-corrected chi connectivity index (χ3v) is 3.72. The molecule has 0 aromatic heterocycles. The standard InChI is InChI=1S/C15H23FN2/c1-2-18(15-9-7-13(16)8-10-15)12-4-6-14-5-3-11-17-14/h7-10,14,17H,2-6,11-12H2,1H3. The summed E-state index contributed by atoms with van der Waals surface area (Å²) in [6, 6.07) is 7.53. The van der Waals surface area contributed by atoms with E-state index >= 15 is 0 Å². The van der Waals surface area contributed by atoms with Gasteiger partial charge in [0.2, 0.25) is 0 Å². The van der Waals surface area contributed by atoms with Crippen LogP contribution in [0.15, 0.2) is 24.3 Å². The van der Waals surface area contributed by atoms with Gasteiger partial charge in [-0.3, -0.25) is 0 Å². The number of hydrogen-bond donors (Lipinski definition) is 1. The molecule has 1 heterocycles. The van der Waals surface area contributed by atoms with Crippen LogP contribution in [0.2, 0.25) is 0 Å². The summed E-state index contributed by atoms with van der Waals surface area (Å²) in [4.78, 5) is 2.31. The number of rotatable bonds is 6. The van der Waals surface area contributed by atoms with Crippen LogP contribution in [0.1, 0.15) is 32.6 Å². The second-order valence-corrected chi connectivity index (χ2v) is 4.99. The highest BCUT2D eigenvalue weighted by Gasteiger charge is 2.13. The van der Waals surface area contributed by atoms with Crippen molar-refractivity contribution in [2.45, 2.75) is 38.6 Å². The summed E-state index contributed by atoms with van der Waals surface area (Å²) in [5, 5.41) is 3.53. The Bertz CT molecular complexity index is 344. The Morgan fingerprint density at radius 3 is 2.72 bits per heavy atom. The lowest BCUT2D eigenvalue weighted by atomic mass is 10.1. The van der Waals surface area contributed by atoms with Crippen LogP contribution < -0.4 is 10.2 Å². The largest absolute Gasteiger partial charge is 0.372 e. The van der Waals surface area contributed by atoms with Crippen molar-refractivity contribution in [3.8, 4) is 0 Å². The van der Waals surface area contributed by atoms with Gasteiger partial charge in [0.15, 0.2) is 0 Å². The first-order valence-electron chi connectivity index (χ1n) is 7.03. The Kier molecular flexibility index (Phi) is 5.00. The van der Waals surface area contributed by atoms with E-state index in [0.29, 0.717) is 0 Å². The molecule has 1 atom stereocenters.